The van der Waals surface area contributed by atoms with Crippen LogP contribution in [0.5, 0.6) is 0 Å². The Kier molecular flexibility index (Phi) is 7.21. The normalized spacial score (nSPS) is 12.8. The van der Waals surface area contributed by atoms with Gasteiger partial charge < -0.3 is 16.0 Å². The van der Waals surface area contributed by atoms with Crippen LogP contribution in [-0.2, 0) is 9.59 Å². The van der Waals surface area contributed by atoms with E-state index in [2.05, 4.69) is 5.32 Å². The molecule has 0 spiro atoms. The zero-order valence-electron chi connectivity index (χ0n) is 11.1. The Bertz CT molecular complexity index is 285. The number of carbonyl (C=O) groups is 2. The van der Waals surface area contributed by atoms with Gasteiger partial charge in [0.1, 0.15) is 6.04 Å². The minimum atomic E-state index is -0.472. The van der Waals surface area contributed by atoms with E-state index in [1.54, 1.807) is 20.2 Å². The molecule has 17 heavy (non-hydrogen) atoms. The van der Waals surface area contributed by atoms with E-state index in [1.165, 1.54) is 11.0 Å². The molecule has 0 aromatic heterocycles. The van der Waals surface area contributed by atoms with Crippen LogP contribution in [0.1, 0.15) is 20.3 Å². The molecule has 2 amide bonds. The predicted molar refractivity (Wildman–Crippen MR) is 68.3 cm³/mol. The van der Waals surface area contributed by atoms with E-state index < -0.39 is 6.04 Å². The Morgan fingerprint density at radius 1 is 1.35 bits per heavy atom. The first-order valence-electron chi connectivity index (χ1n) is 5.76. The lowest BCUT2D eigenvalue weighted by Gasteiger charge is -2.22. The molecule has 5 nitrogen and oxygen atoms in total. The first-order chi connectivity index (χ1) is 7.88. The molecule has 0 aliphatic carbocycles. The van der Waals surface area contributed by atoms with Gasteiger partial charge in [-0.25, -0.2) is 0 Å². The molecule has 1 atom stereocenters. The molecule has 0 aromatic rings. The summed E-state index contributed by atoms with van der Waals surface area (Å²) in [6, 6.07) is -0.472. The second-order valence-corrected chi connectivity index (χ2v) is 4.56. The van der Waals surface area contributed by atoms with Crippen molar-refractivity contribution in [3.8, 4) is 0 Å². The number of amides is 2. The second-order valence-electron chi connectivity index (χ2n) is 4.56. The third kappa shape index (κ3) is 6.73. The minimum Gasteiger partial charge on any atom is -0.347 e. The average molecular weight is 241 g/mol. The van der Waals surface area contributed by atoms with Crippen LogP contribution >= 0.6 is 0 Å². The van der Waals surface area contributed by atoms with Crippen molar-refractivity contribution >= 4 is 11.8 Å². The molecule has 0 fully saturated rings. The van der Waals surface area contributed by atoms with E-state index in [4.69, 9.17) is 5.73 Å². The van der Waals surface area contributed by atoms with Crippen LogP contribution < -0.4 is 11.1 Å². The quantitative estimate of drug-likeness (QED) is 0.649. The Morgan fingerprint density at radius 2 is 1.94 bits per heavy atom. The maximum absolute atomic E-state index is 11.9. The number of nitrogens with zero attached hydrogens (tertiary/aromatic N) is 1. The summed E-state index contributed by atoms with van der Waals surface area (Å²) in [5.41, 5.74) is 5.25. The van der Waals surface area contributed by atoms with Gasteiger partial charge in [-0.15, -0.1) is 0 Å². The number of rotatable bonds is 6. The topological polar surface area (TPSA) is 75.4 Å². The molecule has 0 aliphatic heterocycles. The average Bonchev–Trinajstić information content (AvgIpc) is 2.23. The van der Waals surface area contributed by atoms with Gasteiger partial charge in [-0.05, 0) is 12.3 Å². The minimum absolute atomic E-state index is 0.0896. The third-order valence-electron chi connectivity index (χ3n) is 2.17. The number of likely N-dealkylation sites (N-methyl/N-ethyl adjacent to an activating group) is 1. The fourth-order valence-electron chi connectivity index (χ4n) is 1.40. The van der Waals surface area contributed by atoms with Crippen LogP contribution in [0.3, 0.4) is 0 Å². The van der Waals surface area contributed by atoms with Gasteiger partial charge in [0.05, 0.1) is 0 Å². The highest BCUT2D eigenvalue weighted by Gasteiger charge is 2.22. The van der Waals surface area contributed by atoms with E-state index >= 15 is 0 Å². The summed E-state index contributed by atoms with van der Waals surface area (Å²) < 4.78 is 0. The Morgan fingerprint density at radius 3 is 2.35 bits per heavy atom. The molecule has 0 saturated heterocycles. The van der Waals surface area contributed by atoms with Crippen molar-refractivity contribution in [2.45, 2.75) is 26.3 Å². The molecule has 0 radical (unpaired) electrons. The van der Waals surface area contributed by atoms with E-state index in [0.717, 1.165) is 0 Å². The van der Waals surface area contributed by atoms with E-state index in [0.29, 0.717) is 18.9 Å². The lowest BCUT2D eigenvalue weighted by Crippen LogP contribution is -2.46. The standard InChI is InChI=1S/C12H23N3O2/c1-9(2)8-10(12(17)15(3)4)14-11(16)6-5-7-13/h5-6,9-10H,7-8,13H2,1-4H3,(H,14,16)/b6-5+. The molecule has 0 bridgehead atoms. The highest BCUT2D eigenvalue weighted by molar-refractivity contribution is 5.92. The Labute approximate surface area is 103 Å². The SMILES string of the molecule is CC(C)CC(NC(=O)/C=C/CN)C(=O)N(C)C. The van der Waals surface area contributed by atoms with E-state index in [1.807, 2.05) is 13.8 Å². The smallest absolute Gasteiger partial charge is 0.244 e. The predicted octanol–water partition coefficient (Wildman–Crippen LogP) is 0.120. The van der Waals surface area contributed by atoms with Gasteiger partial charge in [0, 0.05) is 26.7 Å². The van der Waals surface area contributed by atoms with Crippen LogP contribution in [-0.4, -0.2) is 43.4 Å². The maximum atomic E-state index is 11.9. The molecular formula is C12H23N3O2. The molecule has 0 aliphatic rings. The molecule has 98 valence electrons. The van der Waals surface area contributed by atoms with Gasteiger partial charge >= 0.3 is 0 Å². The molecular weight excluding hydrogens is 218 g/mol. The summed E-state index contributed by atoms with van der Waals surface area (Å²) in [7, 11) is 3.36. The summed E-state index contributed by atoms with van der Waals surface area (Å²) >= 11 is 0. The molecule has 5 heteroatoms. The molecule has 1 unspecified atom stereocenters. The fraction of sp³-hybridized carbons (Fsp3) is 0.667. The number of nitrogens with one attached hydrogen (secondary N) is 1. The first kappa shape index (κ1) is 15.6. The maximum Gasteiger partial charge on any atom is 0.244 e. The van der Waals surface area contributed by atoms with Crippen molar-refractivity contribution < 1.29 is 9.59 Å². The lowest BCUT2D eigenvalue weighted by atomic mass is 10.0. The van der Waals surface area contributed by atoms with Crippen LogP contribution in [0, 0.1) is 5.92 Å². The van der Waals surface area contributed by atoms with Crippen molar-refractivity contribution in [1.29, 1.82) is 0 Å². The van der Waals surface area contributed by atoms with E-state index in [-0.39, 0.29) is 11.8 Å². The fourth-order valence-corrected chi connectivity index (χ4v) is 1.40. The number of nitrogens with two attached hydrogens (primary N) is 1. The molecule has 3 N–H and O–H groups in total. The van der Waals surface area contributed by atoms with Crippen molar-refractivity contribution in [2.24, 2.45) is 11.7 Å². The number of hydrogen-bond acceptors (Lipinski definition) is 3. The Hall–Kier alpha value is -1.36. The summed E-state index contributed by atoms with van der Waals surface area (Å²) in [6.07, 6.45) is 3.54. The van der Waals surface area contributed by atoms with Gasteiger partial charge in [0.25, 0.3) is 0 Å². The van der Waals surface area contributed by atoms with Gasteiger partial charge in [0.2, 0.25) is 11.8 Å². The van der Waals surface area contributed by atoms with Crippen LogP contribution in [0.4, 0.5) is 0 Å². The first-order valence-corrected chi connectivity index (χ1v) is 5.76. The van der Waals surface area contributed by atoms with Crippen molar-refractivity contribution in [1.82, 2.24) is 10.2 Å². The van der Waals surface area contributed by atoms with Crippen molar-refractivity contribution in [3.05, 3.63) is 12.2 Å². The molecule has 0 rings (SSSR count). The highest BCUT2D eigenvalue weighted by Crippen LogP contribution is 2.06. The summed E-state index contributed by atoms with van der Waals surface area (Å²) in [5.74, 6) is -0.0350. The number of hydrogen-bond donors (Lipinski definition) is 2. The van der Waals surface area contributed by atoms with Gasteiger partial charge in [-0.1, -0.05) is 19.9 Å². The largest absolute Gasteiger partial charge is 0.347 e. The van der Waals surface area contributed by atoms with Gasteiger partial charge in [0.15, 0.2) is 0 Å². The summed E-state index contributed by atoms with van der Waals surface area (Å²) in [4.78, 5) is 24.8. The second kappa shape index (κ2) is 7.84. The van der Waals surface area contributed by atoms with Gasteiger partial charge in [-0.2, -0.15) is 0 Å². The van der Waals surface area contributed by atoms with Crippen molar-refractivity contribution in [3.63, 3.8) is 0 Å². The molecule has 0 heterocycles. The zero-order chi connectivity index (χ0) is 13.4. The van der Waals surface area contributed by atoms with Crippen LogP contribution in [0.15, 0.2) is 12.2 Å². The molecule has 0 saturated carbocycles. The van der Waals surface area contributed by atoms with Gasteiger partial charge in [-0.3, -0.25) is 9.59 Å². The lowest BCUT2D eigenvalue weighted by molar-refractivity contribution is -0.133. The summed E-state index contributed by atoms with van der Waals surface area (Å²) in [5, 5.41) is 2.69. The Balaban J connectivity index is 4.54. The monoisotopic (exact) mass is 241 g/mol. The highest BCUT2D eigenvalue weighted by atomic mass is 16.2. The van der Waals surface area contributed by atoms with Crippen LogP contribution in [0.25, 0.3) is 0 Å². The summed E-state index contributed by atoms with van der Waals surface area (Å²) in [6.45, 7) is 4.33. The molecule has 0 aromatic carbocycles. The van der Waals surface area contributed by atoms with Crippen molar-refractivity contribution in [2.75, 3.05) is 20.6 Å². The van der Waals surface area contributed by atoms with Crippen LogP contribution in [0.2, 0.25) is 0 Å². The number of carbonyl (C=O) groups excluding carboxylic acids is 2. The van der Waals surface area contributed by atoms with E-state index in [9.17, 15) is 9.59 Å². The zero-order valence-corrected chi connectivity index (χ0v) is 11.1. The third-order valence-corrected chi connectivity index (χ3v) is 2.17.